The van der Waals surface area contributed by atoms with Crippen LogP contribution in [-0.2, 0) is 5.41 Å². The fourth-order valence-electron chi connectivity index (χ4n) is 1.53. The smallest absolute Gasteiger partial charge is 0.129 e. The Labute approximate surface area is 86.4 Å². The van der Waals surface area contributed by atoms with Crippen molar-refractivity contribution >= 4 is 6.08 Å². The van der Waals surface area contributed by atoms with Gasteiger partial charge in [-0.15, -0.1) is 0 Å². The van der Waals surface area contributed by atoms with Crippen molar-refractivity contribution in [3.63, 3.8) is 0 Å². The average Bonchev–Trinajstić information content (AvgIpc) is 2.15. The molecule has 0 fully saturated rings. The zero-order chi connectivity index (χ0) is 10.8. The number of ether oxygens (including phenoxy) is 1. The van der Waals surface area contributed by atoms with Crippen molar-refractivity contribution in [3.05, 3.63) is 35.9 Å². The van der Waals surface area contributed by atoms with E-state index in [1.807, 2.05) is 18.2 Å². The van der Waals surface area contributed by atoms with Crippen LogP contribution in [0.1, 0.15) is 31.9 Å². The molecule has 0 atom stereocenters. The van der Waals surface area contributed by atoms with Gasteiger partial charge < -0.3 is 4.74 Å². The van der Waals surface area contributed by atoms with Gasteiger partial charge in [0.25, 0.3) is 0 Å². The van der Waals surface area contributed by atoms with Gasteiger partial charge in [0.1, 0.15) is 5.75 Å². The van der Waals surface area contributed by atoms with Crippen LogP contribution in [0, 0.1) is 0 Å². The first-order valence-electron chi connectivity index (χ1n) is 4.80. The molecule has 0 spiro atoms. The van der Waals surface area contributed by atoms with Crippen molar-refractivity contribution in [2.24, 2.45) is 0 Å². The zero-order valence-corrected chi connectivity index (χ0v) is 9.42. The number of para-hydroxylation sites is 1. The standard InChI is InChI=1S/C13H18O/c1-6-10-8-7-9-11(12(10)14-5)13(2,3)4/h6-9H,1H2,2-5H3. The van der Waals surface area contributed by atoms with E-state index in [9.17, 15) is 0 Å². The molecule has 0 heterocycles. The summed E-state index contributed by atoms with van der Waals surface area (Å²) in [6.45, 7) is 10.3. The molecule has 0 unspecified atom stereocenters. The lowest BCUT2D eigenvalue weighted by atomic mass is 9.85. The molecule has 76 valence electrons. The second-order valence-electron chi connectivity index (χ2n) is 4.38. The Kier molecular flexibility index (Phi) is 3.00. The molecule has 1 rings (SSSR count). The first-order valence-corrected chi connectivity index (χ1v) is 4.80. The molecule has 0 saturated heterocycles. The van der Waals surface area contributed by atoms with Crippen molar-refractivity contribution in [1.82, 2.24) is 0 Å². The molecule has 0 bridgehead atoms. The lowest BCUT2D eigenvalue weighted by molar-refractivity contribution is 0.396. The summed E-state index contributed by atoms with van der Waals surface area (Å²) in [5.74, 6) is 0.940. The van der Waals surface area contributed by atoms with Gasteiger partial charge in [-0.25, -0.2) is 0 Å². The summed E-state index contributed by atoms with van der Waals surface area (Å²) in [5, 5.41) is 0. The Morgan fingerprint density at radius 1 is 1.29 bits per heavy atom. The SMILES string of the molecule is C=Cc1cccc(C(C)(C)C)c1OC. The summed E-state index contributed by atoms with van der Waals surface area (Å²) < 4.78 is 5.42. The summed E-state index contributed by atoms with van der Waals surface area (Å²) in [4.78, 5) is 0. The van der Waals surface area contributed by atoms with Gasteiger partial charge in [0.05, 0.1) is 7.11 Å². The third kappa shape index (κ3) is 1.98. The fourth-order valence-corrected chi connectivity index (χ4v) is 1.53. The number of methoxy groups -OCH3 is 1. The second kappa shape index (κ2) is 3.87. The van der Waals surface area contributed by atoms with Gasteiger partial charge in [-0.3, -0.25) is 0 Å². The monoisotopic (exact) mass is 190 g/mol. The zero-order valence-electron chi connectivity index (χ0n) is 9.42. The molecular formula is C13H18O. The van der Waals surface area contributed by atoms with E-state index in [0.29, 0.717) is 0 Å². The lowest BCUT2D eigenvalue weighted by Gasteiger charge is -2.23. The van der Waals surface area contributed by atoms with Gasteiger partial charge in [0.15, 0.2) is 0 Å². The maximum atomic E-state index is 5.42. The van der Waals surface area contributed by atoms with E-state index in [4.69, 9.17) is 4.74 Å². The minimum absolute atomic E-state index is 0.102. The van der Waals surface area contributed by atoms with Crippen molar-refractivity contribution in [1.29, 1.82) is 0 Å². The van der Waals surface area contributed by atoms with Gasteiger partial charge in [0.2, 0.25) is 0 Å². The topological polar surface area (TPSA) is 9.23 Å². The van der Waals surface area contributed by atoms with E-state index < -0.39 is 0 Å². The molecule has 1 aromatic carbocycles. The predicted octanol–water partition coefficient (Wildman–Crippen LogP) is 3.64. The Balaban J connectivity index is 3.36. The van der Waals surface area contributed by atoms with Crippen LogP contribution in [0.5, 0.6) is 5.75 Å². The molecule has 1 nitrogen and oxygen atoms in total. The van der Waals surface area contributed by atoms with Crippen LogP contribution in [-0.4, -0.2) is 7.11 Å². The van der Waals surface area contributed by atoms with E-state index in [1.54, 1.807) is 7.11 Å². The first kappa shape index (κ1) is 10.8. The highest BCUT2D eigenvalue weighted by Crippen LogP contribution is 2.34. The number of hydrogen-bond acceptors (Lipinski definition) is 1. The van der Waals surface area contributed by atoms with Crippen LogP contribution in [0.3, 0.4) is 0 Å². The number of rotatable bonds is 2. The van der Waals surface area contributed by atoms with Gasteiger partial charge in [-0.05, 0) is 5.41 Å². The Bertz CT molecular complexity index is 332. The molecule has 0 amide bonds. The molecule has 0 aromatic heterocycles. The largest absolute Gasteiger partial charge is 0.496 e. The Hall–Kier alpha value is -1.24. The normalized spacial score (nSPS) is 11.1. The quantitative estimate of drug-likeness (QED) is 0.692. The van der Waals surface area contributed by atoms with Crippen LogP contribution in [0.15, 0.2) is 24.8 Å². The maximum Gasteiger partial charge on any atom is 0.129 e. The van der Waals surface area contributed by atoms with Crippen molar-refractivity contribution < 1.29 is 4.74 Å². The second-order valence-corrected chi connectivity index (χ2v) is 4.38. The first-order chi connectivity index (χ1) is 6.50. The van der Waals surface area contributed by atoms with E-state index >= 15 is 0 Å². The molecule has 0 aliphatic rings. The lowest BCUT2D eigenvalue weighted by Crippen LogP contribution is -2.13. The molecular weight excluding hydrogens is 172 g/mol. The third-order valence-electron chi connectivity index (χ3n) is 2.28. The van der Waals surface area contributed by atoms with Crippen molar-refractivity contribution in [2.75, 3.05) is 7.11 Å². The summed E-state index contributed by atoms with van der Waals surface area (Å²) in [5.41, 5.74) is 2.38. The van der Waals surface area contributed by atoms with Gasteiger partial charge in [0, 0.05) is 11.1 Å². The summed E-state index contributed by atoms with van der Waals surface area (Å²) in [6, 6.07) is 6.16. The minimum atomic E-state index is 0.102. The molecule has 0 saturated carbocycles. The highest BCUT2D eigenvalue weighted by Gasteiger charge is 2.19. The molecule has 0 aliphatic heterocycles. The van der Waals surface area contributed by atoms with Gasteiger partial charge in [-0.1, -0.05) is 51.6 Å². The van der Waals surface area contributed by atoms with Crippen LogP contribution >= 0.6 is 0 Å². The molecule has 0 N–H and O–H groups in total. The van der Waals surface area contributed by atoms with Crippen molar-refractivity contribution in [3.8, 4) is 5.75 Å². The molecule has 1 aromatic rings. The van der Waals surface area contributed by atoms with Crippen LogP contribution in [0.2, 0.25) is 0 Å². The van der Waals surface area contributed by atoms with Gasteiger partial charge >= 0.3 is 0 Å². The number of benzene rings is 1. The Morgan fingerprint density at radius 3 is 2.36 bits per heavy atom. The third-order valence-corrected chi connectivity index (χ3v) is 2.28. The highest BCUT2D eigenvalue weighted by molar-refractivity contribution is 5.59. The van der Waals surface area contributed by atoms with Crippen LogP contribution < -0.4 is 4.74 Å². The maximum absolute atomic E-state index is 5.42. The molecule has 1 heteroatoms. The summed E-state index contributed by atoms with van der Waals surface area (Å²) in [7, 11) is 1.71. The molecule has 0 aliphatic carbocycles. The van der Waals surface area contributed by atoms with Crippen molar-refractivity contribution in [2.45, 2.75) is 26.2 Å². The van der Waals surface area contributed by atoms with Crippen LogP contribution in [0.25, 0.3) is 6.08 Å². The van der Waals surface area contributed by atoms with Gasteiger partial charge in [-0.2, -0.15) is 0 Å². The average molecular weight is 190 g/mol. The summed E-state index contributed by atoms with van der Waals surface area (Å²) >= 11 is 0. The fraction of sp³-hybridized carbons (Fsp3) is 0.385. The Morgan fingerprint density at radius 2 is 1.93 bits per heavy atom. The van der Waals surface area contributed by atoms with E-state index in [2.05, 4.69) is 33.4 Å². The summed E-state index contributed by atoms with van der Waals surface area (Å²) in [6.07, 6.45) is 1.83. The minimum Gasteiger partial charge on any atom is -0.496 e. The van der Waals surface area contributed by atoms with E-state index in [-0.39, 0.29) is 5.41 Å². The predicted molar refractivity (Wildman–Crippen MR) is 61.8 cm³/mol. The van der Waals surface area contributed by atoms with E-state index in [1.165, 1.54) is 5.56 Å². The molecule has 14 heavy (non-hydrogen) atoms. The number of hydrogen-bond donors (Lipinski definition) is 0. The van der Waals surface area contributed by atoms with Crippen LogP contribution in [0.4, 0.5) is 0 Å². The van der Waals surface area contributed by atoms with E-state index in [0.717, 1.165) is 11.3 Å². The molecule has 0 radical (unpaired) electrons. The highest BCUT2D eigenvalue weighted by atomic mass is 16.5.